The molecule has 1 amide bonds. The molecule has 19 heavy (non-hydrogen) atoms. The van der Waals surface area contributed by atoms with Crippen molar-refractivity contribution in [1.29, 1.82) is 0 Å². The average Bonchev–Trinajstić information content (AvgIpc) is 2.81. The number of thiazole rings is 1. The molecule has 6 heteroatoms. The standard InChI is InChI=1S/C13H23N3O2S/c1-9-8-15-13(19-9)11(3)16-10(2)12(17)14-6-5-7-18-4/h8,10-11,16H,5-7H2,1-4H3,(H,14,17). The topological polar surface area (TPSA) is 63.2 Å². The summed E-state index contributed by atoms with van der Waals surface area (Å²) >= 11 is 1.65. The summed E-state index contributed by atoms with van der Waals surface area (Å²) in [5.41, 5.74) is 0. The quantitative estimate of drug-likeness (QED) is 0.713. The predicted molar refractivity (Wildman–Crippen MR) is 77.4 cm³/mol. The first-order chi connectivity index (χ1) is 9.04. The first-order valence-corrected chi connectivity index (χ1v) is 7.31. The molecule has 0 radical (unpaired) electrons. The molecule has 0 fully saturated rings. The van der Waals surface area contributed by atoms with Crippen molar-refractivity contribution < 1.29 is 9.53 Å². The molecule has 1 aromatic heterocycles. The lowest BCUT2D eigenvalue weighted by Crippen LogP contribution is -2.43. The molecular formula is C13H23N3O2S. The van der Waals surface area contributed by atoms with Gasteiger partial charge in [0.2, 0.25) is 5.91 Å². The Labute approximate surface area is 118 Å². The van der Waals surface area contributed by atoms with Crippen LogP contribution in [-0.2, 0) is 9.53 Å². The van der Waals surface area contributed by atoms with Gasteiger partial charge in [-0.3, -0.25) is 10.1 Å². The summed E-state index contributed by atoms with van der Waals surface area (Å²) in [5, 5.41) is 7.15. The Balaban J connectivity index is 2.33. The van der Waals surface area contributed by atoms with E-state index >= 15 is 0 Å². The number of amides is 1. The van der Waals surface area contributed by atoms with Gasteiger partial charge < -0.3 is 10.1 Å². The zero-order chi connectivity index (χ0) is 14.3. The lowest BCUT2D eigenvalue weighted by Gasteiger charge is -2.18. The van der Waals surface area contributed by atoms with Gasteiger partial charge in [-0.2, -0.15) is 0 Å². The Bertz CT molecular complexity index is 395. The molecule has 1 heterocycles. The van der Waals surface area contributed by atoms with Gasteiger partial charge in [0.25, 0.3) is 0 Å². The monoisotopic (exact) mass is 285 g/mol. The fraction of sp³-hybridized carbons (Fsp3) is 0.692. The first-order valence-electron chi connectivity index (χ1n) is 6.49. The largest absolute Gasteiger partial charge is 0.385 e. The minimum atomic E-state index is -0.234. The summed E-state index contributed by atoms with van der Waals surface area (Å²) in [6.45, 7) is 7.22. The maximum atomic E-state index is 11.8. The van der Waals surface area contributed by atoms with E-state index < -0.39 is 0 Å². The van der Waals surface area contributed by atoms with Gasteiger partial charge in [-0.1, -0.05) is 0 Å². The molecule has 0 aliphatic heterocycles. The third-order valence-corrected chi connectivity index (χ3v) is 3.82. The van der Waals surface area contributed by atoms with E-state index in [1.807, 2.05) is 27.0 Å². The second-order valence-electron chi connectivity index (χ2n) is 4.56. The highest BCUT2D eigenvalue weighted by molar-refractivity contribution is 7.11. The van der Waals surface area contributed by atoms with E-state index in [1.165, 1.54) is 4.88 Å². The van der Waals surface area contributed by atoms with Crippen molar-refractivity contribution in [2.45, 2.75) is 39.3 Å². The van der Waals surface area contributed by atoms with Crippen molar-refractivity contribution >= 4 is 17.2 Å². The van der Waals surface area contributed by atoms with Crippen molar-refractivity contribution in [3.63, 3.8) is 0 Å². The highest BCUT2D eigenvalue weighted by Crippen LogP contribution is 2.19. The number of nitrogens with zero attached hydrogens (tertiary/aromatic N) is 1. The third kappa shape index (κ3) is 5.67. The van der Waals surface area contributed by atoms with Gasteiger partial charge in [0.05, 0.1) is 12.1 Å². The molecule has 1 rings (SSSR count). The Morgan fingerprint density at radius 1 is 1.53 bits per heavy atom. The maximum absolute atomic E-state index is 11.8. The molecule has 0 aromatic carbocycles. The van der Waals surface area contributed by atoms with Crippen molar-refractivity contribution in [3.8, 4) is 0 Å². The van der Waals surface area contributed by atoms with Crippen LogP contribution in [0.15, 0.2) is 6.20 Å². The summed E-state index contributed by atoms with van der Waals surface area (Å²) < 4.78 is 4.94. The number of carbonyl (C=O) groups is 1. The summed E-state index contributed by atoms with van der Waals surface area (Å²) in [7, 11) is 1.66. The first kappa shape index (κ1) is 16.1. The van der Waals surface area contributed by atoms with E-state index in [0.29, 0.717) is 13.2 Å². The summed E-state index contributed by atoms with van der Waals surface area (Å²) in [4.78, 5) is 17.3. The third-order valence-electron chi connectivity index (χ3n) is 2.73. The number of aromatic nitrogens is 1. The normalized spacial score (nSPS) is 14.1. The molecule has 0 saturated heterocycles. The van der Waals surface area contributed by atoms with Gasteiger partial charge in [0.15, 0.2) is 0 Å². The highest BCUT2D eigenvalue weighted by Gasteiger charge is 2.17. The van der Waals surface area contributed by atoms with Crippen LogP contribution in [0.5, 0.6) is 0 Å². The van der Waals surface area contributed by atoms with E-state index in [4.69, 9.17) is 4.74 Å². The van der Waals surface area contributed by atoms with Crippen molar-refractivity contribution in [2.24, 2.45) is 0 Å². The number of hydrogen-bond acceptors (Lipinski definition) is 5. The Kier molecular flexibility index (Phi) is 6.97. The van der Waals surface area contributed by atoms with Crippen molar-refractivity contribution in [2.75, 3.05) is 20.3 Å². The number of methoxy groups -OCH3 is 1. The average molecular weight is 285 g/mol. The SMILES string of the molecule is COCCCNC(=O)C(C)NC(C)c1ncc(C)s1. The minimum Gasteiger partial charge on any atom is -0.385 e. The number of hydrogen-bond donors (Lipinski definition) is 2. The van der Waals surface area contributed by atoms with Crippen molar-refractivity contribution in [3.05, 3.63) is 16.1 Å². The fourth-order valence-corrected chi connectivity index (χ4v) is 2.46. The van der Waals surface area contributed by atoms with Gasteiger partial charge in [0.1, 0.15) is 5.01 Å². The number of nitrogens with one attached hydrogen (secondary N) is 2. The molecule has 0 aliphatic carbocycles. The van der Waals surface area contributed by atoms with Crippen LogP contribution in [0.25, 0.3) is 0 Å². The van der Waals surface area contributed by atoms with Gasteiger partial charge in [-0.05, 0) is 27.2 Å². The van der Waals surface area contributed by atoms with Crippen LogP contribution in [0.4, 0.5) is 0 Å². The second kappa shape index (κ2) is 8.24. The maximum Gasteiger partial charge on any atom is 0.236 e. The smallest absolute Gasteiger partial charge is 0.236 e. The highest BCUT2D eigenvalue weighted by atomic mass is 32.1. The molecule has 0 bridgehead atoms. The molecular weight excluding hydrogens is 262 g/mol. The van der Waals surface area contributed by atoms with E-state index in [-0.39, 0.29) is 18.0 Å². The molecule has 108 valence electrons. The molecule has 0 aliphatic rings. The van der Waals surface area contributed by atoms with Gasteiger partial charge >= 0.3 is 0 Å². The zero-order valence-corrected chi connectivity index (χ0v) is 12.8. The number of carbonyl (C=O) groups excluding carboxylic acids is 1. The zero-order valence-electron chi connectivity index (χ0n) is 12.0. The summed E-state index contributed by atoms with van der Waals surface area (Å²) in [5.74, 6) is 0.0104. The Hall–Kier alpha value is -0.980. The predicted octanol–water partition coefficient (Wildman–Crippen LogP) is 1.64. The van der Waals surface area contributed by atoms with E-state index in [2.05, 4.69) is 15.6 Å². The van der Waals surface area contributed by atoms with Crippen LogP contribution in [0.1, 0.15) is 36.2 Å². The lowest BCUT2D eigenvalue weighted by atomic mass is 10.2. The molecule has 2 unspecified atom stereocenters. The second-order valence-corrected chi connectivity index (χ2v) is 5.82. The Morgan fingerprint density at radius 2 is 2.26 bits per heavy atom. The molecule has 0 saturated carbocycles. The van der Waals surface area contributed by atoms with Gasteiger partial charge in [-0.15, -0.1) is 11.3 Å². The van der Waals surface area contributed by atoms with Gasteiger partial charge in [0, 0.05) is 31.3 Å². The van der Waals surface area contributed by atoms with Crippen LogP contribution in [-0.4, -0.2) is 37.2 Å². The molecule has 2 atom stereocenters. The van der Waals surface area contributed by atoms with Crippen molar-refractivity contribution in [1.82, 2.24) is 15.6 Å². The van der Waals surface area contributed by atoms with E-state index in [1.54, 1.807) is 18.4 Å². The van der Waals surface area contributed by atoms with Crippen LogP contribution < -0.4 is 10.6 Å². The van der Waals surface area contributed by atoms with Crippen LogP contribution in [0, 0.1) is 6.92 Å². The summed E-state index contributed by atoms with van der Waals surface area (Å²) in [6.07, 6.45) is 2.68. The molecule has 2 N–H and O–H groups in total. The van der Waals surface area contributed by atoms with Crippen LogP contribution in [0.2, 0.25) is 0 Å². The minimum absolute atomic E-state index is 0.0104. The summed E-state index contributed by atoms with van der Waals surface area (Å²) in [6, 6.07) is -0.153. The number of rotatable bonds is 8. The molecule has 5 nitrogen and oxygen atoms in total. The fourth-order valence-electron chi connectivity index (χ4n) is 1.68. The molecule has 1 aromatic rings. The van der Waals surface area contributed by atoms with E-state index in [9.17, 15) is 4.79 Å². The van der Waals surface area contributed by atoms with Gasteiger partial charge in [-0.25, -0.2) is 4.98 Å². The van der Waals surface area contributed by atoms with Crippen LogP contribution in [0.3, 0.4) is 0 Å². The number of ether oxygens (including phenoxy) is 1. The van der Waals surface area contributed by atoms with E-state index in [0.717, 1.165) is 11.4 Å². The number of aryl methyl sites for hydroxylation is 1. The van der Waals surface area contributed by atoms with Crippen LogP contribution >= 0.6 is 11.3 Å². The molecule has 0 spiro atoms. The lowest BCUT2D eigenvalue weighted by molar-refractivity contribution is -0.122. The Morgan fingerprint density at radius 3 is 2.84 bits per heavy atom.